The van der Waals surface area contributed by atoms with Crippen molar-refractivity contribution in [3.63, 3.8) is 0 Å². The molecule has 0 saturated carbocycles. The number of carbonyl (C=O) groups is 3. The summed E-state index contributed by atoms with van der Waals surface area (Å²) in [6, 6.07) is 8.00. The number of nitrogens with zero attached hydrogens (tertiary/aromatic N) is 1. The highest BCUT2D eigenvalue weighted by atomic mass is 79.9. The minimum Gasteiger partial charge on any atom is -0.465 e. The third-order valence-corrected chi connectivity index (χ3v) is 7.63. The number of benzene rings is 1. The Morgan fingerprint density at radius 3 is 2.43 bits per heavy atom. The molecule has 1 saturated heterocycles. The zero-order valence-electron chi connectivity index (χ0n) is 20.7. The lowest BCUT2D eigenvalue weighted by molar-refractivity contribution is -0.140. The van der Waals surface area contributed by atoms with Gasteiger partial charge in [0.2, 0.25) is 0 Å². The molecule has 1 aromatic heterocycles. The van der Waals surface area contributed by atoms with Gasteiger partial charge in [0.05, 0.1) is 18.6 Å². The van der Waals surface area contributed by atoms with E-state index >= 15 is 0 Å². The third kappa shape index (κ3) is 4.21. The Labute approximate surface area is 222 Å². The predicted molar refractivity (Wildman–Crippen MR) is 138 cm³/mol. The first-order valence-electron chi connectivity index (χ1n) is 11.8. The number of furan rings is 1. The number of hydrogen-bond donors (Lipinski definition) is 0. The Morgan fingerprint density at radius 1 is 1.11 bits per heavy atom. The SMILES string of the molecule is C=C(C)[C@H]1Cc2oc(cc2C(=O)OC)[C@H](C(=C)C)[C@H]2C=C(C(=O)O2)[C@H]2[C@@H]1OC(=O)N2c1ccc(Br)cc1. The average Bonchev–Trinajstić information content (AvgIpc) is 3.51. The first-order valence-corrected chi connectivity index (χ1v) is 12.6. The highest BCUT2D eigenvalue weighted by molar-refractivity contribution is 9.10. The molecule has 0 unspecified atom stereocenters. The molecule has 5 rings (SSSR count). The molecular formula is C28H26BrNO7. The topological polar surface area (TPSA) is 95.3 Å². The lowest BCUT2D eigenvalue weighted by Gasteiger charge is -2.29. The van der Waals surface area contributed by atoms with Gasteiger partial charge in [0.25, 0.3) is 0 Å². The summed E-state index contributed by atoms with van der Waals surface area (Å²) in [4.78, 5) is 40.8. The standard InChI is InChI=1S/C28H26BrNO7/c1-13(2)17-10-20-18(26(31)34-5)11-21(35-20)23(14(3)4)22-12-19(27(32)36-22)24-25(17)37-28(33)30(24)16-8-6-15(29)7-9-16/h6-9,11-12,17,22-25H,1,3,10H2,2,4-5H3/t17-,22-,23+,24+,25-/m1/s1. The summed E-state index contributed by atoms with van der Waals surface area (Å²) >= 11 is 3.42. The summed E-state index contributed by atoms with van der Waals surface area (Å²) in [7, 11) is 1.30. The molecule has 1 aromatic carbocycles. The fraction of sp³-hybridized carbons (Fsp3) is 0.321. The highest BCUT2D eigenvalue weighted by Gasteiger charge is 2.53. The van der Waals surface area contributed by atoms with Crippen LogP contribution in [-0.2, 0) is 25.4 Å². The van der Waals surface area contributed by atoms with Crippen LogP contribution >= 0.6 is 15.9 Å². The van der Waals surface area contributed by atoms with Crippen LogP contribution in [0.25, 0.3) is 0 Å². The van der Waals surface area contributed by atoms with Crippen LogP contribution in [-0.4, -0.2) is 43.4 Å². The van der Waals surface area contributed by atoms with E-state index in [0.717, 1.165) is 4.47 Å². The van der Waals surface area contributed by atoms with Crippen molar-refractivity contribution in [1.29, 1.82) is 0 Å². The van der Waals surface area contributed by atoms with Crippen molar-refractivity contribution in [2.24, 2.45) is 5.92 Å². The van der Waals surface area contributed by atoms with Gasteiger partial charge in [0, 0.05) is 22.5 Å². The zero-order chi connectivity index (χ0) is 26.6. The summed E-state index contributed by atoms with van der Waals surface area (Å²) < 4.78 is 23.8. The monoisotopic (exact) mass is 567 g/mol. The molecule has 5 atom stereocenters. The van der Waals surface area contributed by atoms with Crippen molar-refractivity contribution in [1.82, 2.24) is 0 Å². The van der Waals surface area contributed by atoms with E-state index in [1.807, 2.05) is 19.1 Å². The fourth-order valence-corrected chi connectivity index (χ4v) is 5.60. The van der Waals surface area contributed by atoms with Crippen LogP contribution in [0.4, 0.5) is 10.5 Å². The Kier molecular flexibility index (Phi) is 6.35. The number of esters is 2. The zero-order valence-corrected chi connectivity index (χ0v) is 22.2. The number of amides is 1. The molecule has 0 N–H and O–H groups in total. The third-order valence-electron chi connectivity index (χ3n) is 7.10. The number of hydrogen-bond acceptors (Lipinski definition) is 7. The second-order valence-electron chi connectivity index (χ2n) is 9.59. The average molecular weight is 568 g/mol. The summed E-state index contributed by atoms with van der Waals surface area (Å²) in [5.41, 5.74) is 2.53. The number of anilines is 1. The molecule has 4 bridgehead atoms. The minimum absolute atomic E-state index is 0.207. The largest absolute Gasteiger partial charge is 0.465 e. The highest BCUT2D eigenvalue weighted by Crippen LogP contribution is 2.44. The van der Waals surface area contributed by atoms with Gasteiger partial charge in [-0.2, -0.15) is 0 Å². The van der Waals surface area contributed by atoms with E-state index in [0.29, 0.717) is 33.9 Å². The molecule has 192 valence electrons. The van der Waals surface area contributed by atoms with Crippen molar-refractivity contribution in [3.8, 4) is 0 Å². The van der Waals surface area contributed by atoms with Gasteiger partial charge in [-0.3, -0.25) is 4.90 Å². The van der Waals surface area contributed by atoms with Gasteiger partial charge in [-0.25, -0.2) is 14.4 Å². The lowest BCUT2D eigenvalue weighted by atomic mass is 9.82. The van der Waals surface area contributed by atoms with E-state index in [4.69, 9.17) is 18.6 Å². The van der Waals surface area contributed by atoms with Crippen LogP contribution in [0.5, 0.6) is 0 Å². The van der Waals surface area contributed by atoms with Gasteiger partial charge in [-0.1, -0.05) is 40.2 Å². The first kappa shape index (κ1) is 25.1. The molecular weight excluding hydrogens is 542 g/mol. The molecule has 37 heavy (non-hydrogen) atoms. The minimum atomic E-state index is -0.799. The van der Waals surface area contributed by atoms with E-state index in [2.05, 4.69) is 29.1 Å². The van der Waals surface area contributed by atoms with Gasteiger partial charge in [-0.05, 0) is 50.3 Å². The van der Waals surface area contributed by atoms with Crippen LogP contribution in [0, 0.1) is 5.92 Å². The molecule has 9 heteroatoms. The lowest BCUT2D eigenvalue weighted by Crippen LogP contribution is -2.43. The second-order valence-corrected chi connectivity index (χ2v) is 10.5. The van der Waals surface area contributed by atoms with Crippen molar-refractivity contribution in [2.45, 2.75) is 44.4 Å². The molecule has 1 amide bonds. The van der Waals surface area contributed by atoms with Gasteiger partial charge in [0.1, 0.15) is 35.3 Å². The van der Waals surface area contributed by atoms with Gasteiger partial charge in [-0.15, -0.1) is 0 Å². The number of carbonyl (C=O) groups excluding carboxylic acids is 3. The molecule has 4 heterocycles. The van der Waals surface area contributed by atoms with Crippen molar-refractivity contribution in [2.75, 3.05) is 12.0 Å². The Balaban J connectivity index is 1.73. The van der Waals surface area contributed by atoms with Crippen LogP contribution in [0.3, 0.4) is 0 Å². The predicted octanol–water partition coefficient (Wildman–Crippen LogP) is 5.48. The Hall–Kier alpha value is -3.59. The van der Waals surface area contributed by atoms with Crippen LogP contribution < -0.4 is 4.90 Å². The molecule has 8 nitrogen and oxygen atoms in total. The smallest absolute Gasteiger partial charge is 0.415 e. The van der Waals surface area contributed by atoms with E-state index < -0.39 is 48.1 Å². The normalized spacial score (nSPS) is 26.4. The summed E-state index contributed by atoms with van der Waals surface area (Å²) in [5, 5.41) is 0. The van der Waals surface area contributed by atoms with Crippen molar-refractivity contribution >= 4 is 39.6 Å². The van der Waals surface area contributed by atoms with Gasteiger partial charge in [0.15, 0.2) is 0 Å². The van der Waals surface area contributed by atoms with E-state index in [9.17, 15) is 14.4 Å². The van der Waals surface area contributed by atoms with E-state index in [1.165, 1.54) is 12.0 Å². The number of methoxy groups -OCH3 is 1. The fourth-order valence-electron chi connectivity index (χ4n) is 5.33. The second kappa shape index (κ2) is 9.37. The van der Waals surface area contributed by atoms with Crippen LogP contribution in [0.15, 0.2) is 75.2 Å². The van der Waals surface area contributed by atoms with Crippen molar-refractivity contribution in [3.05, 3.63) is 87.8 Å². The van der Waals surface area contributed by atoms with E-state index in [-0.39, 0.29) is 12.0 Å². The number of rotatable bonds is 4. The van der Waals surface area contributed by atoms with Gasteiger partial charge < -0.3 is 18.6 Å². The molecule has 2 aromatic rings. The number of fused-ring (bicyclic) bond motifs is 5. The molecule has 0 aliphatic carbocycles. The summed E-state index contributed by atoms with van der Waals surface area (Å²) in [6.45, 7) is 11.9. The number of ether oxygens (including phenoxy) is 3. The molecule has 0 spiro atoms. The maximum atomic E-state index is 13.3. The maximum Gasteiger partial charge on any atom is 0.415 e. The van der Waals surface area contributed by atoms with Crippen LogP contribution in [0.2, 0.25) is 0 Å². The Morgan fingerprint density at radius 2 is 1.81 bits per heavy atom. The molecule has 0 radical (unpaired) electrons. The number of halogens is 1. The van der Waals surface area contributed by atoms with Crippen molar-refractivity contribution < 1.29 is 33.0 Å². The van der Waals surface area contributed by atoms with Gasteiger partial charge >= 0.3 is 18.0 Å². The van der Waals surface area contributed by atoms with E-state index in [1.54, 1.807) is 31.2 Å². The summed E-state index contributed by atoms with van der Waals surface area (Å²) in [6.07, 6.45) is -0.213. The first-order chi connectivity index (χ1) is 17.6. The molecule has 1 fully saturated rings. The summed E-state index contributed by atoms with van der Waals surface area (Å²) in [5.74, 6) is -1.31. The molecule has 3 aliphatic heterocycles. The quantitative estimate of drug-likeness (QED) is 0.274. The van der Waals surface area contributed by atoms with Crippen LogP contribution in [0.1, 0.15) is 41.6 Å². The molecule has 3 aliphatic rings. The Bertz CT molecular complexity index is 1360. The maximum absolute atomic E-state index is 13.3.